The minimum atomic E-state index is -0.355. The van der Waals surface area contributed by atoms with Crippen LogP contribution in [0.3, 0.4) is 0 Å². The fourth-order valence-corrected chi connectivity index (χ4v) is 4.17. The third kappa shape index (κ3) is 3.53. The number of hydrogen-bond acceptors (Lipinski definition) is 3. The van der Waals surface area contributed by atoms with Crippen LogP contribution in [0.25, 0.3) is 22.1 Å². The van der Waals surface area contributed by atoms with Gasteiger partial charge in [-0.1, -0.05) is 54.1 Å². The summed E-state index contributed by atoms with van der Waals surface area (Å²) in [6.07, 6.45) is 0. The molecule has 0 radical (unpaired) electrons. The molecule has 0 aliphatic carbocycles. The SMILES string of the molecule is O=c1cc(-c2ccccc2)c2ccc3c(c2o1)C[NH+](Cc1cccc(Cl)c1)CO3. The van der Waals surface area contributed by atoms with Crippen molar-refractivity contribution in [1.82, 2.24) is 0 Å². The normalized spacial score (nSPS) is 15.7. The zero-order chi connectivity index (χ0) is 19.8. The molecule has 1 atom stereocenters. The number of halogens is 1. The number of nitrogens with one attached hydrogen (secondary N) is 1. The molecule has 1 aliphatic heterocycles. The van der Waals surface area contributed by atoms with Crippen LogP contribution in [0.15, 0.2) is 82.0 Å². The zero-order valence-corrected chi connectivity index (χ0v) is 16.4. The van der Waals surface area contributed by atoms with Gasteiger partial charge < -0.3 is 9.15 Å². The molecule has 1 aromatic heterocycles. The van der Waals surface area contributed by atoms with E-state index in [1.807, 2.05) is 60.7 Å². The molecule has 1 N–H and O–H groups in total. The van der Waals surface area contributed by atoms with Crippen LogP contribution >= 0.6 is 11.6 Å². The molecule has 2 heterocycles. The van der Waals surface area contributed by atoms with Crippen molar-refractivity contribution < 1.29 is 14.1 Å². The van der Waals surface area contributed by atoms with E-state index in [1.54, 1.807) is 6.07 Å². The number of benzene rings is 3. The van der Waals surface area contributed by atoms with E-state index >= 15 is 0 Å². The van der Waals surface area contributed by atoms with Crippen molar-refractivity contribution in [1.29, 1.82) is 0 Å². The van der Waals surface area contributed by atoms with E-state index in [2.05, 4.69) is 6.07 Å². The molecule has 0 spiro atoms. The summed E-state index contributed by atoms with van der Waals surface area (Å²) < 4.78 is 11.7. The van der Waals surface area contributed by atoms with E-state index < -0.39 is 0 Å². The predicted octanol–water partition coefficient (Wildman–Crippen LogP) is 4.05. The van der Waals surface area contributed by atoms with Crippen LogP contribution in [0.1, 0.15) is 11.1 Å². The van der Waals surface area contributed by atoms with Crippen LogP contribution < -0.4 is 15.3 Å². The molecule has 4 aromatic rings. The quantitative estimate of drug-likeness (QED) is 0.524. The Morgan fingerprint density at radius 3 is 2.66 bits per heavy atom. The van der Waals surface area contributed by atoms with Crippen molar-refractivity contribution in [2.75, 3.05) is 6.73 Å². The molecular formula is C24H19ClNO3+. The van der Waals surface area contributed by atoms with Crippen LogP contribution in [0.5, 0.6) is 5.75 Å². The third-order valence-electron chi connectivity index (χ3n) is 5.26. The van der Waals surface area contributed by atoms with Gasteiger partial charge in [0, 0.05) is 22.0 Å². The van der Waals surface area contributed by atoms with Gasteiger partial charge in [0.25, 0.3) is 0 Å². The van der Waals surface area contributed by atoms with E-state index in [4.69, 9.17) is 20.8 Å². The van der Waals surface area contributed by atoms with Gasteiger partial charge >= 0.3 is 5.63 Å². The summed E-state index contributed by atoms with van der Waals surface area (Å²) in [7, 11) is 0. The standard InChI is InChI=1S/C24H18ClNO3/c25-18-8-4-5-16(11-18)13-26-14-21-22(28-15-26)10-9-19-20(12-23(27)29-24(19)21)17-6-2-1-3-7-17/h1-12H,13-15H2/p+1. The van der Waals surface area contributed by atoms with Gasteiger partial charge in [-0.05, 0) is 35.4 Å². The highest BCUT2D eigenvalue weighted by atomic mass is 35.5. The predicted molar refractivity (Wildman–Crippen MR) is 113 cm³/mol. The zero-order valence-electron chi connectivity index (χ0n) is 15.7. The Morgan fingerprint density at radius 1 is 0.966 bits per heavy atom. The highest BCUT2D eigenvalue weighted by molar-refractivity contribution is 6.30. The van der Waals surface area contributed by atoms with Crippen LogP contribution in [-0.4, -0.2) is 6.73 Å². The van der Waals surface area contributed by atoms with Gasteiger partial charge in [-0.2, -0.15) is 0 Å². The smallest absolute Gasteiger partial charge is 0.336 e. The molecule has 0 bridgehead atoms. The van der Waals surface area contributed by atoms with Crippen LogP contribution in [0.2, 0.25) is 5.02 Å². The lowest BCUT2D eigenvalue weighted by molar-refractivity contribution is -0.945. The fraction of sp³-hybridized carbons (Fsp3) is 0.125. The molecule has 3 aromatic carbocycles. The summed E-state index contributed by atoms with van der Waals surface area (Å²) in [6, 6.07) is 23.3. The van der Waals surface area contributed by atoms with Gasteiger partial charge in [0.1, 0.15) is 18.8 Å². The molecule has 0 saturated heterocycles. The Kier molecular flexibility index (Phi) is 4.58. The second kappa shape index (κ2) is 7.39. The molecule has 0 amide bonds. The van der Waals surface area contributed by atoms with Crippen molar-refractivity contribution in [2.24, 2.45) is 0 Å². The lowest BCUT2D eigenvalue weighted by Crippen LogP contribution is -3.10. The van der Waals surface area contributed by atoms with E-state index in [9.17, 15) is 4.79 Å². The van der Waals surface area contributed by atoms with Crippen molar-refractivity contribution >= 4 is 22.6 Å². The fourth-order valence-electron chi connectivity index (χ4n) is 3.95. The second-order valence-electron chi connectivity index (χ2n) is 7.29. The first kappa shape index (κ1) is 18.0. The molecule has 5 rings (SSSR count). The topological polar surface area (TPSA) is 43.9 Å². The van der Waals surface area contributed by atoms with Gasteiger partial charge in [-0.3, -0.25) is 4.90 Å². The maximum atomic E-state index is 12.3. The summed E-state index contributed by atoms with van der Waals surface area (Å²) in [4.78, 5) is 13.6. The molecule has 1 unspecified atom stereocenters. The highest BCUT2D eigenvalue weighted by Gasteiger charge is 2.25. The number of quaternary nitrogens is 1. The van der Waals surface area contributed by atoms with E-state index in [-0.39, 0.29) is 5.63 Å². The molecular weight excluding hydrogens is 386 g/mol. The summed E-state index contributed by atoms with van der Waals surface area (Å²) >= 11 is 6.12. The van der Waals surface area contributed by atoms with Gasteiger partial charge in [-0.15, -0.1) is 0 Å². The van der Waals surface area contributed by atoms with E-state index in [1.165, 1.54) is 4.90 Å². The Morgan fingerprint density at radius 2 is 1.83 bits per heavy atom. The number of ether oxygens (including phenoxy) is 1. The maximum Gasteiger partial charge on any atom is 0.336 e. The summed E-state index contributed by atoms with van der Waals surface area (Å²) in [5, 5.41) is 1.64. The average molecular weight is 405 g/mol. The number of rotatable bonds is 3. The Hall–Kier alpha value is -3.08. The minimum Gasteiger partial charge on any atom is -0.445 e. The Labute approximate surface area is 172 Å². The molecule has 144 valence electrons. The average Bonchev–Trinajstić information content (AvgIpc) is 2.74. The minimum absolute atomic E-state index is 0.355. The lowest BCUT2D eigenvalue weighted by atomic mass is 9.99. The third-order valence-corrected chi connectivity index (χ3v) is 5.49. The van der Waals surface area contributed by atoms with Crippen molar-refractivity contribution in [3.8, 4) is 16.9 Å². The molecule has 1 aliphatic rings. The molecule has 0 saturated carbocycles. The van der Waals surface area contributed by atoms with Gasteiger partial charge in [0.15, 0.2) is 5.58 Å². The Balaban J connectivity index is 1.57. The second-order valence-corrected chi connectivity index (χ2v) is 7.72. The first-order chi connectivity index (χ1) is 14.2. The van der Waals surface area contributed by atoms with E-state index in [0.29, 0.717) is 18.9 Å². The van der Waals surface area contributed by atoms with Gasteiger partial charge in [-0.25, -0.2) is 4.79 Å². The van der Waals surface area contributed by atoms with Gasteiger partial charge in [0.05, 0.1) is 5.56 Å². The molecule has 4 nitrogen and oxygen atoms in total. The first-order valence-corrected chi connectivity index (χ1v) is 9.91. The van der Waals surface area contributed by atoms with Gasteiger partial charge in [0.2, 0.25) is 6.73 Å². The lowest BCUT2D eigenvalue weighted by Gasteiger charge is -2.26. The van der Waals surface area contributed by atoms with Crippen molar-refractivity contribution in [3.63, 3.8) is 0 Å². The molecule has 29 heavy (non-hydrogen) atoms. The van der Waals surface area contributed by atoms with Crippen LogP contribution in [0.4, 0.5) is 0 Å². The first-order valence-electron chi connectivity index (χ1n) is 9.53. The summed E-state index contributed by atoms with van der Waals surface area (Å²) in [5.41, 5.74) is 4.20. The molecule has 5 heteroatoms. The number of hydrogen-bond donors (Lipinski definition) is 1. The summed E-state index contributed by atoms with van der Waals surface area (Å²) in [5.74, 6) is 0.778. The van der Waals surface area contributed by atoms with E-state index in [0.717, 1.165) is 45.0 Å². The summed E-state index contributed by atoms with van der Waals surface area (Å²) in [6.45, 7) is 2.03. The largest absolute Gasteiger partial charge is 0.445 e. The maximum absolute atomic E-state index is 12.3. The highest BCUT2D eigenvalue weighted by Crippen LogP contribution is 2.34. The Bertz CT molecular complexity index is 1250. The molecule has 0 fully saturated rings. The number of fused-ring (bicyclic) bond motifs is 3. The van der Waals surface area contributed by atoms with Crippen LogP contribution in [0, 0.1) is 0 Å². The van der Waals surface area contributed by atoms with Crippen molar-refractivity contribution in [3.05, 3.63) is 99.4 Å². The van der Waals surface area contributed by atoms with Crippen LogP contribution in [-0.2, 0) is 13.1 Å². The monoisotopic (exact) mass is 404 g/mol. The van der Waals surface area contributed by atoms with Crippen molar-refractivity contribution in [2.45, 2.75) is 13.1 Å².